The van der Waals surface area contributed by atoms with Gasteiger partial charge in [0, 0.05) is 47.4 Å². The fourth-order valence-electron chi connectivity index (χ4n) is 5.59. The normalized spacial score (nSPS) is 21.3. The minimum Gasteiger partial charge on any atom is -0.481 e. The van der Waals surface area contributed by atoms with Gasteiger partial charge < -0.3 is 14.4 Å². The molecule has 6 rings (SSSR count). The number of benzene rings is 2. The molecule has 0 atom stereocenters. The summed E-state index contributed by atoms with van der Waals surface area (Å²) in [5.74, 6) is -3.89. The molecule has 3 heterocycles. The summed E-state index contributed by atoms with van der Waals surface area (Å²) >= 11 is 0. The second kappa shape index (κ2) is 7.87. The van der Waals surface area contributed by atoms with Gasteiger partial charge in [-0.25, -0.2) is 13.2 Å². The van der Waals surface area contributed by atoms with Gasteiger partial charge in [0.2, 0.25) is 0 Å². The first-order valence-electron chi connectivity index (χ1n) is 11.4. The zero-order chi connectivity index (χ0) is 23.6. The van der Waals surface area contributed by atoms with Crippen molar-refractivity contribution in [1.82, 2.24) is 14.8 Å². The average molecular weight is 469 g/mol. The highest BCUT2D eigenvalue weighted by Crippen LogP contribution is 2.51. The number of H-pyrrole nitrogens is 1. The molecule has 2 aromatic carbocycles. The smallest absolute Gasteiger partial charge is 0.306 e. The summed E-state index contributed by atoms with van der Waals surface area (Å²) in [6.07, 6.45) is 3.73. The molecule has 34 heavy (non-hydrogen) atoms. The number of fused-ring (bicyclic) bond motifs is 2. The van der Waals surface area contributed by atoms with Crippen LogP contribution in [-0.2, 0) is 9.53 Å². The van der Waals surface area contributed by atoms with Crippen LogP contribution in [0.4, 0.5) is 13.2 Å². The number of carboxylic acids is 1. The molecular weight excluding hydrogens is 447 g/mol. The van der Waals surface area contributed by atoms with Crippen molar-refractivity contribution in [3.8, 4) is 5.69 Å². The van der Waals surface area contributed by atoms with E-state index in [1.807, 2.05) is 4.57 Å². The van der Waals surface area contributed by atoms with E-state index in [9.17, 15) is 18.7 Å². The Morgan fingerprint density at radius 2 is 1.85 bits per heavy atom. The second-order valence-electron chi connectivity index (χ2n) is 9.24. The highest BCUT2D eigenvalue weighted by molar-refractivity contribution is 6.00. The molecule has 1 saturated carbocycles. The summed E-state index contributed by atoms with van der Waals surface area (Å²) in [6.45, 7) is 1.08. The monoisotopic (exact) mass is 469 g/mol. The number of hydrogen-bond acceptors (Lipinski definition) is 3. The fraction of sp³-hybridized carbons (Fsp3) is 0.360. The number of rotatable bonds is 4. The third kappa shape index (κ3) is 3.14. The predicted octanol–water partition coefficient (Wildman–Crippen LogP) is 5.40. The highest BCUT2D eigenvalue weighted by atomic mass is 19.2. The fourth-order valence-corrected chi connectivity index (χ4v) is 5.59. The van der Waals surface area contributed by atoms with Crippen molar-refractivity contribution in [3.05, 3.63) is 59.2 Å². The largest absolute Gasteiger partial charge is 0.481 e. The van der Waals surface area contributed by atoms with Crippen molar-refractivity contribution in [2.75, 3.05) is 13.2 Å². The Hall–Kier alpha value is -3.33. The molecule has 2 fully saturated rings. The number of aliphatic carboxylic acids is 1. The Morgan fingerprint density at radius 3 is 2.56 bits per heavy atom. The van der Waals surface area contributed by atoms with Gasteiger partial charge in [0.25, 0.3) is 0 Å². The molecular formula is C25H22F3N3O3. The first-order valence-corrected chi connectivity index (χ1v) is 11.4. The van der Waals surface area contributed by atoms with E-state index >= 15 is 4.39 Å². The van der Waals surface area contributed by atoms with Gasteiger partial charge in [-0.3, -0.25) is 9.89 Å². The standard InChI is InChI=1S/C25H22F3N3O3/c26-17-2-1-16(10-18(17)27)31-19-9-15-11-29-30-23(15)22(28)21(19)20(13-7-14(8-13)25(32)33)24(31)12-3-5-34-6-4-12/h1-2,9-14H,3-8H2,(H,29,30)(H,32,33). The summed E-state index contributed by atoms with van der Waals surface area (Å²) in [6, 6.07) is 5.49. The van der Waals surface area contributed by atoms with E-state index in [4.69, 9.17) is 4.74 Å². The van der Waals surface area contributed by atoms with Crippen molar-refractivity contribution in [2.45, 2.75) is 37.5 Å². The highest BCUT2D eigenvalue weighted by Gasteiger charge is 2.41. The molecule has 0 amide bonds. The van der Waals surface area contributed by atoms with Crippen LogP contribution in [0.5, 0.6) is 0 Å². The lowest BCUT2D eigenvalue weighted by Crippen LogP contribution is -2.30. The number of nitrogens with zero attached hydrogens (tertiary/aromatic N) is 2. The number of aromatic nitrogens is 3. The molecule has 0 bridgehead atoms. The molecule has 1 aliphatic carbocycles. The summed E-state index contributed by atoms with van der Waals surface area (Å²) in [5.41, 5.74) is 2.79. The SMILES string of the molecule is O=C(O)C1CC(c2c(C3CCOCC3)n(-c3ccc(F)c(F)c3)c3cc4cn[nH]c4c(F)c23)C1. The number of ether oxygens (including phenoxy) is 1. The lowest BCUT2D eigenvalue weighted by Gasteiger charge is -2.35. The first kappa shape index (κ1) is 21.2. The average Bonchev–Trinajstić information content (AvgIpc) is 3.39. The van der Waals surface area contributed by atoms with Crippen molar-refractivity contribution in [1.29, 1.82) is 0 Å². The molecule has 2 aliphatic rings. The van der Waals surface area contributed by atoms with Crippen LogP contribution in [0.15, 0.2) is 30.5 Å². The van der Waals surface area contributed by atoms with Gasteiger partial charge >= 0.3 is 5.97 Å². The first-order chi connectivity index (χ1) is 16.4. The molecule has 1 aliphatic heterocycles. The van der Waals surface area contributed by atoms with Crippen molar-refractivity contribution >= 4 is 27.8 Å². The van der Waals surface area contributed by atoms with E-state index in [0.29, 0.717) is 60.9 Å². The third-order valence-corrected chi connectivity index (χ3v) is 7.35. The summed E-state index contributed by atoms with van der Waals surface area (Å²) in [7, 11) is 0. The quantitative estimate of drug-likeness (QED) is 0.420. The molecule has 0 unspecified atom stereocenters. The van der Waals surface area contributed by atoms with Gasteiger partial charge in [0.05, 0.1) is 17.6 Å². The van der Waals surface area contributed by atoms with Gasteiger partial charge in [-0.05, 0) is 55.4 Å². The van der Waals surface area contributed by atoms with Crippen LogP contribution in [0, 0.1) is 23.4 Å². The zero-order valence-corrected chi connectivity index (χ0v) is 18.2. The molecule has 0 radical (unpaired) electrons. The van der Waals surface area contributed by atoms with Crippen molar-refractivity contribution < 1.29 is 27.8 Å². The van der Waals surface area contributed by atoms with E-state index < -0.39 is 29.3 Å². The summed E-state index contributed by atoms with van der Waals surface area (Å²) < 4.78 is 51.5. The van der Waals surface area contributed by atoms with E-state index in [2.05, 4.69) is 10.2 Å². The number of nitrogens with one attached hydrogen (secondary N) is 1. The predicted molar refractivity (Wildman–Crippen MR) is 119 cm³/mol. The van der Waals surface area contributed by atoms with Gasteiger partial charge in [-0.1, -0.05) is 0 Å². The van der Waals surface area contributed by atoms with E-state index in [1.54, 1.807) is 6.07 Å². The number of carboxylic acid groups (broad SMARTS) is 1. The second-order valence-corrected chi connectivity index (χ2v) is 9.24. The van der Waals surface area contributed by atoms with Crippen LogP contribution in [0.1, 0.15) is 48.8 Å². The van der Waals surface area contributed by atoms with E-state index in [0.717, 1.165) is 23.4 Å². The maximum atomic E-state index is 16.0. The zero-order valence-electron chi connectivity index (χ0n) is 18.2. The lowest BCUT2D eigenvalue weighted by atomic mass is 9.69. The summed E-state index contributed by atoms with van der Waals surface area (Å²) in [5, 5.41) is 17.1. The van der Waals surface area contributed by atoms with Gasteiger partial charge in [0.1, 0.15) is 5.52 Å². The molecule has 1 saturated heterocycles. The van der Waals surface area contributed by atoms with Crippen LogP contribution in [0.25, 0.3) is 27.5 Å². The minimum atomic E-state index is -0.988. The Balaban J connectivity index is 1.69. The van der Waals surface area contributed by atoms with Gasteiger partial charge in [-0.2, -0.15) is 5.10 Å². The Morgan fingerprint density at radius 1 is 1.09 bits per heavy atom. The molecule has 2 N–H and O–H groups in total. The molecule has 2 aromatic heterocycles. The van der Waals surface area contributed by atoms with Gasteiger partial charge in [0.15, 0.2) is 17.5 Å². The molecule has 176 valence electrons. The Labute approximate surface area is 192 Å². The minimum absolute atomic E-state index is 0.00371. The van der Waals surface area contributed by atoms with Crippen LogP contribution >= 0.6 is 0 Å². The van der Waals surface area contributed by atoms with Crippen LogP contribution in [-0.4, -0.2) is 39.1 Å². The van der Waals surface area contributed by atoms with Crippen LogP contribution < -0.4 is 0 Å². The topological polar surface area (TPSA) is 80.1 Å². The summed E-state index contributed by atoms with van der Waals surface area (Å²) in [4.78, 5) is 11.5. The van der Waals surface area contributed by atoms with Crippen LogP contribution in [0.3, 0.4) is 0 Å². The lowest BCUT2D eigenvalue weighted by molar-refractivity contribution is -0.145. The maximum Gasteiger partial charge on any atom is 0.306 e. The number of carbonyl (C=O) groups is 1. The number of halogens is 3. The third-order valence-electron chi connectivity index (χ3n) is 7.35. The van der Waals surface area contributed by atoms with E-state index in [-0.39, 0.29) is 17.4 Å². The van der Waals surface area contributed by atoms with Gasteiger partial charge in [-0.15, -0.1) is 0 Å². The maximum absolute atomic E-state index is 16.0. The Bertz CT molecular complexity index is 1430. The Kier molecular flexibility index (Phi) is 4.91. The number of aromatic amines is 1. The van der Waals surface area contributed by atoms with Crippen molar-refractivity contribution in [3.63, 3.8) is 0 Å². The number of hydrogen-bond donors (Lipinski definition) is 2. The molecule has 6 nitrogen and oxygen atoms in total. The molecule has 0 spiro atoms. The van der Waals surface area contributed by atoms with Crippen molar-refractivity contribution in [2.24, 2.45) is 5.92 Å². The molecule has 9 heteroatoms. The molecule has 4 aromatic rings. The van der Waals surface area contributed by atoms with E-state index in [1.165, 1.54) is 12.3 Å². The van der Waals surface area contributed by atoms with Crippen LogP contribution in [0.2, 0.25) is 0 Å².